The van der Waals surface area contributed by atoms with Crippen LogP contribution in [-0.2, 0) is 9.53 Å². The van der Waals surface area contributed by atoms with Gasteiger partial charge in [0.1, 0.15) is 6.10 Å². The molecule has 0 amide bonds. The van der Waals surface area contributed by atoms with Gasteiger partial charge in [0.25, 0.3) is 0 Å². The maximum atomic E-state index is 12.6. The molecule has 4 aliphatic rings. The van der Waals surface area contributed by atoms with Crippen molar-refractivity contribution in [1.82, 2.24) is 0 Å². The van der Waals surface area contributed by atoms with E-state index in [-0.39, 0.29) is 6.42 Å². The molecule has 7 nitrogen and oxygen atoms in total. The Morgan fingerprint density at radius 1 is 1.00 bits per heavy atom. The highest BCUT2D eigenvalue weighted by Gasteiger charge is 2.77. The summed E-state index contributed by atoms with van der Waals surface area (Å²) >= 11 is 0. The summed E-state index contributed by atoms with van der Waals surface area (Å²) in [5, 5.41) is 54.1. The molecule has 0 aromatic carbocycles. The second kappa shape index (κ2) is 5.29. The third-order valence-electron chi connectivity index (χ3n) is 8.11. The number of carbonyl (C=O) groups excluding carboxylic acids is 1. The molecule has 1 heterocycles. The van der Waals surface area contributed by atoms with Crippen LogP contribution in [0.2, 0.25) is 0 Å². The summed E-state index contributed by atoms with van der Waals surface area (Å²) in [7, 11) is 0. The minimum atomic E-state index is -1.23. The Balaban J connectivity index is 1.97. The molecule has 3 saturated carbocycles. The average Bonchev–Trinajstić information content (AvgIpc) is 2.81. The zero-order chi connectivity index (χ0) is 19.3. The van der Waals surface area contributed by atoms with Gasteiger partial charge in [-0.25, -0.2) is 0 Å². The van der Waals surface area contributed by atoms with E-state index in [1.807, 2.05) is 0 Å². The summed E-state index contributed by atoms with van der Waals surface area (Å²) in [6.45, 7) is 9.16. The average molecular weight is 368 g/mol. The maximum Gasteiger partial charge on any atom is 0.310 e. The van der Waals surface area contributed by atoms with E-state index < -0.39 is 77.1 Å². The Kier molecular flexibility index (Phi) is 3.74. The van der Waals surface area contributed by atoms with Crippen molar-refractivity contribution in [2.24, 2.45) is 34.5 Å². The lowest BCUT2D eigenvalue weighted by atomic mass is 9.38. The highest BCUT2D eigenvalue weighted by Crippen LogP contribution is 2.69. The summed E-state index contributed by atoms with van der Waals surface area (Å²) in [6, 6.07) is 0. The van der Waals surface area contributed by atoms with Gasteiger partial charge in [-0.15, -0.1) is 0 Å². The van der Waals surface area contributed by atoms with Crippen molar-refractivity contribution in [1.29, 1.82) is 0 Å². The van der Waals surface area contributed by atoms with E-state index in [1.54, 1.807) is 20.8 Å². The monoisotopic (exact) mass is 368 g/mol. The molecule has 0 bridgehead atoms. The fourth-order valence-corrected chi connectivity index (χ4v) is 7.16. The largest absolute Gasteiger partial charge is 0.459 e. The quantitative estimate of drug-likeness (QED) is 0.280. The van der Waals surface area contributed by atoms with Gasteiger partial charge in [-0.3, -0.25) is 4.79 Å². The molecule has 4 rings (SSSR count). The van der Waals surface area contributed by atoms with Gasteiger partial charge in [-0.1, -0.05) is 32.9 Å². The molecule has 12 atom stereocenters. The van der Waals surface area contributed by atoms with Gasteiger partial charge in [0.2, 0.25) is 0 Å². The number of aliphatic hydroxyl groups excluding tert-OH is 5. The van der Waals surface area contributed by atoms with Crippen LogP contribution in [0.5, 0.6) is 0 Å². The predicted molar refractivity (Wildman–Crippen MR) is 89.5 cm³/mol. The van der Waals surface area contributed by atoms with Crippen LogP contribution in [0.4, 0.5) is 0 Å². The number of rotatable bonds is 0. The Morgan fingerprint density at radius 3 is 2.23 bits per heavy atom. The highest BCUT2D eigenvalue weighted by molar-refractivity contribution is 5.77. The van der Waals surface area contributed by atoms with E-state index in [1.165, 1.54) is 0 Å². The van der Waals surface area contributed by atoms with E-state index in [9.17, 15) is 30.3 Å². The van der Waals surface area contributed by atoms with Gasteiger partial charge >= 0.3 is 5.97 Å². The molecule has 0 spiro atoms. The predicted octanol–water partition coefficient (Wildman–Crippen LogP) is -0.799. The van der Waals surface area contributed by atoms with E-state index in [2.05, 4.69) is 6.58 Å². The van der Waals surface area contributed by atoms with Crippen molar-refractivity contribution in [3.8, 4) is 0 Å². The first kappa shape index (κ1) is 18.4. The van der Waals surface area contributed by atoms with Crippen LogP contribution >= 0.6 is 0 Å². The first-order chi connectivity index (χ1) is 12.0. The van der Waals surface area contributed by atoms with Gasteiger partial charge in [-0.05, 0) is 12.3 Å². The number of hydrogen-bond acceptors (Lipinski definition) is 7. The van der Waals surface area contributed by atoms with Crippen LogP contribution in [0, 0.1) is 34.5 Å². The van der Waals surface area contributed by atoms with Crippen molar-refractivity contribution in [3.05, 3.63) is 12.2 Å². The molecule has 1 aliphatic heterocycles. The van der Waals surface area contributed by atoms with Gasteiger partial charge < -0.3 is 30.3 Å². The van der Waals surface area contributed by atoms with Crippen LogP contribution in [-0.4, -0.2) is 68.1 Å². The molecule has 2 unspecified atom stereocenters. The first-order valence-electron chi connectivity index (χ1n) is 9.27. The summed E-state index contributed by atoms with van der Waals surface area (Å²) in [5.41, 5.74) is -1.58. The van der Waals surface area contributed by atoms with Crippen LogP contribution in [0.25, 0.3) is 0 Å². The molecule has 0 radical (unpaired) electrons. The van der Waals surface area contributed by atoms with Crippen LogP contribution < -0.4 is 0 Å². The number of aliphatic hydroxyl groups is 5. The Hall–Kier alpha value is -0.990. The molecule has 7 heteroatoms. The van der Waals surface area contributed by atoms with Gasteiger partial charge in [-0.2, -0.15) is 0 Å². The van der Waals surface area contributed by atoms with Crippen molar-refractivity contribution in [3.63, 3.8) is 0 Å². The number of ether oxygens (including phenoxy) is 1. The van der Waals surface area contributed by atoms with Gasteiger partial charge in [0.05, 0.1) is 36.4 Å². The molecular weight excluding hydrogens is 340 g/mol. The second-order valence-corrected chi connectivity index (χ2v) is 9.23. The minimum Gasteiger partial charge on any atom is -0.459 e. The molecular formula is C19H28O7. The Labute approximate surface area is 152 Å². The van der Waals surface area contributed by atoms with E-state index in [0.29, 0.717) is 5.57 Å². The fourth-order valence-electron chi connectivity index (χ4n) is 7.16. The second-order valence-electron chi connectivity index (χ2n) is 9.23. The molecule has 1 saturated heterocycles. The lowest BCUT2D eigenvalue weighted by Gasteiger charge is -2.66. The molecule has 3 aliphatic carbocycles. The molecule has 0 aromatic heterocycles. The van der Waals surface area contributed by atoms with E-state index in [0.717, 1.165) is 0 Å². The van der Waals surface area contributed by atoms with Gasteiger partial charge in [0, 0.05) is 22.7 Å². The summed E-state index contributed by atoms with van der Waals surface area (Å²) in [4.78, 5) is 12.6. The Morgan fingerprint density at radius 2 is 1.62 bits per heavy atom. The lowest BCUT2D eigenvalue weighted by molar-refractivity contribution is -0.283. The van der Waals surface area contributed by atoms with Crippen molar-refractivity contribution in [2.75, 3.05) is 0 Å². The number of carbonyl (C=O) groups is 1. The van der Waals surface area contributed by atoms with E-state index in [4.69, 9.17) is 4.74 Å². The molecule has 4 fully saturated rings. The fraction of sp³-hybridized carbons (Fsp3) is 0.842. The molecule has 5 N–H and O–H groups in total. The number of esters is 1. The van der Waals surface area contributed by atoms with E-state index >= 15 is 0 Å². The summed E-state index contributed by atoms with van der Waals surface area (Å²) in [6.07, 6.45) is -6.54. The van der Waals surface area contributed by atoms with Crippen LogP contribution in [0.1, 0.15) is 27.2 Å². The van der Waals surface area contributed by atoms with Crippen LogP contribution in [0.15, 0.2) is 12.2 Å². The lowest BCUT2D eigenvalue weighted by Crippen LogP contribution is -2.75. The highest BCUT2D eigenvalue weighted by atomic mass is 16.6. The normalized spacial score (nSPS) is 61.7. The molecule has 26 heavy (non-hydrogen) atoms. The standard InChI is InChI=1S/C19H28O7/c1-6-5-8(20)15(24)18(3)9(6)12(22)16-19(4)10(17(25)26-16)7(2)11(21)13(23)14(18)19/h7-16,20-24H,1,5H2,2-4H3/t7-,8+,9-,10?,11-,12-,13-,14?,15-,16-,18+,19+/m1/s1. The van der Waals surface area contributed by atoms with Crippen LogP contribution in [0.3, 0.4) is 0 Å². The topological polar surface area (TPSA) is 127 Å². The molecule has 146 valence electrons. The third-order valence-corrected chi connectivity index (χ3v) is 8.11. The van der Waals surface area contributed by atoms with Crippen molar-refractivity contribution in [2.45, 2.75) is 63.8 Å². The van der Waals surface area contributed by atoms with Crippen molar-refractivity contribution < 1.29 is 35.1 Å². The zero-order valence-electron chi connectivity index (χ0n) is 15.2. The maximum absolute atomic E-state index is 12.6. The zero-order valence-corrected chi connectivity index (χ0v) is 15.2. The summed E-state index contributed by atoms with van der Waals surface area (Å²) < 4.78 is 5.57. The minimum absolute atomic E-state index is 0.126. The number of fused-ring (bicyclic) bond motifs is 2. The summed E-state index contributed by atoms with van der Waals surface area (Å²) in [5.74, 6) is -3.17. The third kappa shape index (κ3) is 1.79. The van der Waals surface area contributed by atoms with Gasteiger partial charge in [0.15, 0.2) is 0 Å². The smallest absolute Gasteiger partial charge is 0.310 e. The molecule has 0 aromatic rings. The SMILES string of the molecule is C=C1C[C@H](O)[C@@H](O)[C@]2(C)C3[C@H](O)[C@H](O)[C@H](C)C4C(=O)O[C@H]([C@H](O)[C@@H]12)[C@@]43C. The first-order valence-corrected chi connectivity index (χ1v) is 9.27. The Bertz CT molecular complexity index is 664. The van der Waals surface area contributed by atoms with Crippen molar-refractivity contribution >= 4 is 5.97 Å². The number of hydrogen-bond donors (Lipinski definition) is 5.